The Bertz CT molecular complexity index is 496. The van der Waals surface area contributed by atoms with E-state index in [0.717, 1.165) is 24.1 Å². The summed E-state index contributed by atoms with van der Waals surface area (Å²) in [5.41, 5.74) is 3.72. The van der Waals surface area contributed by atoms with E-state index in [1.807, 2.05) is 24.4 Å². The van der Waals surface area contributed by atoms with E-state index in [2.05, 4.69) is 29.5 Å². The number of hydrazine groups is 1. The molecule has 1 atom stereocenters. The molecule has 4 nitrogen and oxygen atoms in total. The van der Waals surface area contributed by atoms with Crippen molar-refractivity contribution in [2.24, 2.45) is 5.84 Å². The van der Waals surface area contributed by atoms with Gasteiger partial charge in [-0.2, -0.15) is 0 Å². The van der Waals surface area contributed by atoms with Crippen molar-refractivity contribution in [2.45, 2.75) is 19.4 Å². The molecule has 0 spiro atoms. The maximum atomic E-state index is 5.61. The van der Waals surface area contributed by atoms with Gasteiger partial charge < -0.3 is 4.74 Å². The fourth-order valence-corrected chi connectivity index (χ4v) is 1.97. The number of aromatic nitrogens is 1. The molecule has 0 aliphatic carbocycles. The third kappa shape index (κ3) is 2.85. The van der Waals surface area contributed by atoms with Gasteiger partial charge in [0.05, 0.1) is 18.3 Å². The molecule has 0 bridgehead atoms. The van der Waals surface area contributed by atoms with Crippen LogP contribution in [0.3, 0.4) is 0 Å². The molecule has 96 valence electrons. The fourth-order valence-electron chi connectivity index (χ4n) is 1.97. The zero-order valence-corrected chi connectivity index (χ0v) is 10.6. The zero-order chi connectivity index (χ0) is 12.8. The Morgan fingerprint density at radius 1 is 1.33 bits per heavy atom. The Kier molecular flexibility index (Phi) is 4.64. The normalized spacial score (nSPS) is 12.8. The lowest BCUT2D eigenvalue weighted by Gasteiger charge is -2.17. The Hall–Kier alpha value is -1.49. The van der Waals surface area contributed by atoms with Crippen LogP contribution in [0.2, 0.25) is 0 Å². The molecule has 18 heavy (non-hydrogen) atoms. The van der Waals surface area contributed by atoms with E-state index in [1.54, 1.807) is 0 Å². The summed E-state index contributed by atoms with van der Waals surface area (Å²) in [6.07, 6.45) is 2.81. The Morgan fingerprint density at radius 3 is 2.94 bits per heavy atom. The summed E-state index contributed by atoms with van der Waals surface area (Å²) >= 11 is 0. The van der Waals surface area contributed by atoms with Gasteiger partial charge in [-0.3, -0.25) is 10.8 Å². The first kappa shape index (κ1) is 13.0. The highest BCUT2D eigenvalue weighted by atomic mass is 16.5. The van der Waals surface area contributed by atoms with Crippen molar-refractivity contribution in [1.82, 2.24) is 10.4 Å². The first-order valence-corrected chi connectivity index (χ1v) is 6.24. The predicted molar refractivity (Wildman–Crippen MR) is 72.9 cm³/mol. The lowest BCUT2D eigenvalue weighted by Crippen LogP contribution is -2.32. The maximum Gasteiger partial charge on any atom is 0.0871 e. The molecule has 1 heterocycles. The largest absolute Gasteiger partial charge is 0.379 e. The summed E-state index contributed by atoms with van der Waals surface area (Å²) in [5, 5.41) is 2.28. The SMILES string of the molecule is CCCOCC(NN)c1nccc2ccccc12. The lowest BCUT2D eigenvalue weighted by molar-refractivity contribution is 0.111. The molecule has 0 fully saturated rings. The van der Waals surface area contributed by atoms with Gasteiger partial charge in [0.1, 0.15) is 0 Å². The van der Waals surface area contributed by atoms with Crippen molar-refractivity contribution in [3.05, 3.63) is 42.2 Å². The standard InChI is InChI=1S/C14H19N3O/c1-2-9-18-10-13(17-15)14-12-6-4-3-5-11(12)7-8-16-14/h3-8,13,17H,2,9-10,15H2,1H3. The molecule has 3 N–H and O–H groups in total. The van der Waals surface area contributed by atoms with Crippen LogP contribution in [0.4, 0.5) is 0 Å². The van der Waals surface area contributed by atoms with E-state index in [1.165, 1.54) is 5.39 Å². The number of ether oxygens (including phenoxy) is 1. The number of nitrogens with one attached hydrogen (secondary N) is 1. The van der Waals surface area contributed by atoms with E-state index in [9.17, 15) is 0 Å². The number of benzene rings is 1. The molecule has 0 aliphatic heterocycles. The molecule has 1 aromatic heterocycles. The minimum atomic E-state index is -0.0809. The van der Waals surface area contributed by atoms with E-state index < -0.39 is 0 Å². The molecule has 1 unspecified atom stereocenters. The summed E-state index contributed by atoms with van der Waals surface area (Å²) < 4.78 is 5.56. The minimum Gasteiger partial charge on any atom is -0.379 e. The second-order valence-electron chi connectivity index (χ2n) is 4.21. The van der Waals surface area contributed by atoms with E-state index >= 15 is 0 Å². The summed E-state index contributed by atoms with van der Waals surface area (Å²) in [6, 6.07) is 10.1. The van der Waals surface area contributed by atoms with Gasteiger partial charge in [0.2, 0.25) is 0 Å². The van der Waals surface area contributed by atoms with E-state index in [0.29, 0.717) is 6.61 Å². The molecule has 1 aromatic carbocycles. The van der Waals surface area contributed by atoms with Gasteiger partial charge in [-0.15, -0.1) is 0 Å². The Balaban J connectivity index is 2.27. The van der Waals surface area contributed by atoms with Crippen LogP contribution in [0.5, 0.6) is 0 Å². The predicted octanol–water partition coefficient (Wildman–Crippen LogP) is 2.17. The summed E-state index contributed by atoms with van der Waals surface area (Å²) in [7, 11) is 0. The highest BCUT2D eigenvalue weighted by Crippen LogP contribution is 2.21. The van der Waals surface area contributed by atoms with Crippen LogP contribution in [-0.4, -0.2) is 18.2 Å². The van der Waals surface area contributed by atoms with Crippen LogP contribution in [0.1, 0.15) is 25.1 Å². The van der Waals surface area contributed by atoms with Gasteiger partial charge >= 0.3 is 0 Å². The van der Waals surface area contributed by atoms with Crippen molar-refractivity contribution in [1.29, 1.82) is 0 Å². The van der Waals surface area contributed by atoms with Gasteiger partial charge in [-0.25, -0.2) is 5.43 Å². The highest BCUT2D eigenvalue weighted by molar-refractivity contribution is 5.84. The first-order valence-electron chi connectivity index (χ1n) is 6.24. The summed E-state index contributed by atoms with van der Waals surface area (Å²) in [6.45, 7) is 3.36. The second-order valence-corrected chi connectivity index (χ2v) is 4.21. The highest BCUT2D eigenvalue weighted by Gasteiger charge is 2.14. The van der Waals surface area contributed by atoms with Crippen LogP contribution in [-0.2, 0) is 4.74 Å². The molecule has 0 saturated carbocycles. The number of hydrogen-bond donors (Lipinski definition) is 2. The van der Waals surface area contributed by atoms with Gasteiger partial charge in [0.25, 0.3) is 0 Å². The van der Waals surface area contributed by atoms with Crippen molar-refractivity contribution in [3.8, 4) is 0 Å². The molecule has 2 aromatic rings. The second kappa shape index (κ2) is 6.44. The molecule has 0 amide bonds. The number of fused-ring (bicyclic) bond motifs is 1. The fraction of sp³-hybridized carbons (Fsp3) is 0.357. The molecular weight excluding hydrogens is 226 g/mol. The van der Waals surface area contributed by atoms with E-state index in [-0.39, 0.29) is 6.04 Å². The lowest BCUT2D eigenvalue weighted by atomic mass is 10.1. The number of nitrogens with two attached hydrogens (primary N) is 1. The van der Waals surface area contributed by atoms with Crippen LogP contribution >= 0.6 is 0 Å². The number of rotatable bonds is 6. The van der Waals surface area contributed by atoms with Gasteiger partial charge in [-0.05, 0) is 17.9 Å². The average Bonchev–Trinajstić information content (AvgIpc) is 2.43. The van der Waals surface area contributed by atoms with Crippen molar-refractivity contribution < 1.29 is 4.74 Å². The van der Waals surface area contributed by atoms with Gasteiger partial charge in [0.15, 0.2) is 0 Å². The van der Waals surface area contributed by atoms with E-state index in [4.69, 9.17) is 10.6 Å². The van der Waals surface area contributed by atoms with Gasteiger partial charge in [-0.1, -0.05) is 31.2 Å². The number of hydrogen-bond acceptors (Lipinski definition) is 4. The quantitative estimate of drug-likeness (QED) is 0.465. The molecular formula is C14H19N3O. The van der Waals surface area contributed by atoms with Gasteiger partial charge in [0, 0.05) is 18.2 Å². The zero-order valence-electron chi connectivity index (χ0n) is 10.6. The smallest absolute Gasteiger partial charge is 0.0871 e. The molecule has 0 radical (unpaired) electrons. The maximum absolute atomic E-state index is 5.61. The number of pyridine rings is 1. The Morgan fingerprint density at radius 2 is 2.17 bits per heavy atom. The Labute approximate surface area is 107 Å². The van der Waals surface area contributed by atoms with Crippen LogP contribution in [0, 0.1) is 0 Å². The van der Waals surface area contributed by atoms with Crippen molar-refractivity contribution in [3.63, 3.8) is 0 Å². The van der Waals surface area contributed by atoms with Crippen LogP contribution in [0.15, 0.2) is 36.5 Å². The monoisotopic (exact) mass is 245 g/mol. The van der Waals surface area contributed by atoms with Crippen molar-refractivity contribution in [2.75, 3.05) is 13.2 Å². The third-order valence-corrected chi connectivity index (χ3v) is 2.87. The minimum absolute atomic E-state index is 0.0809. The van der Waals surface area contributed by atoms with Crippen LogP contribution in [0.25, 0.3) is 10.8 Å². The molecule has 0 aliphatic rings. The average molecular weight is 245 g/mol. The summed E-state index contributed by atoms with van der Waals surface area (Å²) in [4.78, 5) is 4.43. The molecule has 2 rings (SSSR count). The number of nitrogens with zero attached hydrogens (tertiary/aromatic N) is 1. The van der Waals surface area contributed by atoms with Crippen molar-refractivity contribution >= 4 is 10.8 Å². The first-order chi connectivity index (χ1) is 8.86. The summed E-state index contributed by atoms with van der Waals surface area (Å²) in [5.74, 6) is 5.61. The topological polar surface area (TPSA) is 60.2 Å². The molecule has 4 heteroatoms. The van der Waals surface area contributed by atoms with Crippen LogP contribution < -0.4 is 11.3 Å². The molecule has 0 saturated heterocycles. The third-order valence-electron chi connectivity index (χ3n) is 2.87.